The highest BCUT2D eigenvalue weighted by Gasteiger charge is 2.33. The van der Waals surface area contributed by atoms with Crippen LogP contribution >= 0.6 is 23.2 Å². The van der Waals surface area contributed by atoms with Gasteiger partial charge in [0.1, 0.15) is 24.7 Å². The maximum absolute atomic E-state index is 13.5. The molecule has 1 aromatic heterocycles. The summed E-state index contributed by atoms with van der Waals surface area (Å²) in [6, 6.07) is 20.1. The van der Waals surface area contributed by atoms with Gasteiger partial charge in [0.2, 0.25) is 5.95 Å². The number of carbonyl (C=O) groups is 1. The zero-order valence-corrected chi connectivity index (χ0v) is 21.1. The maximum Gasteiger partial charge on any atom is 0.255 e. The summed E-state index contributed by atoms with van der Waals surface area (Å²) in [6.07, 6.45) is 1.47. The van der Waals surface area contributed by atoms with E-state index in [1.807, 2.05) is 62.4 Å². The Hall–Kier alpha value is -3.81. The van der Waals surface area contributed by atoms with E-state index in [9.17, 15) is 4.79 Å². The summed E-state index contributed by atoms with van der Waals surface area (Å²) in [4.78, 5) is 17.8. The summed E-state index contributed by atoms with van der Waals surface area (Å²) in [5.41, 5.74) is 4.63. The molecule has 36 heavy (non-hydrogen) atoms. The third kappa shape index (κ3) is 4.80. The molecule has 1 unspecified atom stereocenters. The molecule has 4 aromatic rings. The standard InChI is InChI=1S/C27H23Cl2N5O2/c1-16-5-3-6-19(13-16)33-26(35)24-17(2)32-27-30-15-31-34(27)25(24)18-9-11-20(12-10-18)36-14-21-22(28)7-4-8-23(21)29/h3-13,15,25H,14H2,1-2H3,(H,33,35)(H,30,31,32). The van der Waals surface area contributed by atoms with Gasteiger partial charge in [0.25, 0.3) is 5.91 Å². The predicted molar refractivity (Wildman–Crippen MR) is 142 cm³/mol. The van der Waals surface area contributed by atoms with E-state index in [1.165, 1.54) is 6.33 Å². The number of hydrogen-bond donors (Lipinski definition) is 2. The molecule has 0 spiro atoms. The lowest BCUT2D eigenvalue weighted by Gasteiger charge is -2.29. The summed E-state index contributed by atoms with van der Waals surface area (Å²) in [6.45, 7) is 4.08. The van der Waals surface area contributed by atoms with Crippen molar-refractivity contribution in [3.63, 3.8) is 0 Å². The monoisotopic (exact) mass is 519 g/mol. The zero-order chi connectivity index (χ0) is 25.2. The molecule has 7 nitrogen and oxygen atoms in total. The number of nitrogens with one attached hydrogen (secondary N) is 2. The second-order valence-electron chi connectivity index (χ2n) is 8.48. The van der Waals surface area contributed by atoms with Gasteiger partial charge < -0.3 is 15.4 Å². The second-order valence-corrected chi connectivity index (χ2v) is 9.29. The van der Waals surface area contributed by atoms with E-state index in [0.29, 0.717) is 33.0 Å². The van der Waals surface area contributed by atoms with Crippen molar-refractivity contribution in [1.82, 2.24) is 14.8 Å². The number of anilines is 2. The molecule has 1 aliphatic rings. The lowest BCUT2D eigenvalue weighted by Crippen LogP contribution is -2.31. The van der Waals surface area contributed by atoms with E-state index < -0.39 is 6.04 Å². The van der Waals surface area contributed by atoms with Gasteiger partial charge >= 0.3 is 0 Å². The average Bonchev–Trinajstić information content (AvgIpc) is 3.31. The number of halogens is 2. The average molecular weight is 520 g/mol. The van der Waals surface area contributed by atoms with Crippen molar-refractivity contribution < 1.29 is 9.53 Å². The molecular weight excluding hydrogens is 497 g/mol. The fourth-order valence-corrected chi connectivity index (χ4v) is 4.69. The first kappa shape index (κ1) is 23.9. The van der Waals surface area contributed by atoms with Crippen LogP contribution in [0.1, 0.15) is 29.7 Å². The molecule has 2 heterocycles. The maximum atomic E-state index is 13.5. The predicted octanol–water partition coefficient (Wildman–Crippen LogP) is 6.40. The number of allylic oxidation sites excluding steroid dienone is 1. The highest BCUT2D eigenvalue weighted by Crippen LogP contribution is 2.36. The lowest BCUT2D eigenvalue weighted by atomic mass is 9.95. The summed E-state index contributed by atoms with van der Waals surface area (Å²) >= 11 is 12.5. The number of aromatic nitrogens is 3. The topological polar surface area (TPSA) is 81.1 Å². The molecular formula is C27H23Cl2N5O2. The molecule has 182 valence electrons. The Balaban J connectivity index is 1.42. The van der Waals surface area contributed by atoms with Gasteiger partial charge in [-0.3, -0.25) is 4.79 Å². The Morgan fingerprint density at radius 3 is 2.50 bits per heavy atom. The molecule has 1 amide bonds. The van der Waals surface area contributed by atoms with E-state index in [2.05, 4.69) is 20.7 Å². The van der Waals surface area contributed by atoms with Gasteiger partial charge in [-0.15, -0.1) is 0 Å². The molecule has 0 aliphatic carbocycles. The smallest absolute Gasteiger partial charge is 0.255 e. The van der Waals surface area contributed by atoms with Gasteiger partial charge in [-0.1, -0.05) is 53.5 Å². The van der Waals surface area contributed by atoms with E-state index in [-0.39, 0.29) is 12.5 Å². The Morgan fingerprint density at radius 2 is 1.78 bits per heavy atom. The first-order valence-corrected chi connectivity index (χ1v) is 12.1. The Labute approximate surface area is 218 Å². The second kappa shape index (κ2) is 10.0. The lowest BCUT2D eigenvalue weighted by molar-refractivity contribution is -0.113. The largest absolute Gasteiger partial charge is 0.489 e. The van der Waals surface area contributed by atoms with Crippen LogP contribution in [0.15, 0.2) is 84.3 Å². The van der Waals surface area contributed by atoms with Crippen molar-refractivity contribution in [3.05, 3.63) is 111 Å². The fourth-order valence-electron chi connectivity index (χ4n) is 4.19. The van der Waals surface area contributed by atoms with Crippen LogP contribution in [0.5, 0.6) is 5.75 Å². The normalized spacial score (nSPS) is 14.7. The molecule has 5 rings (SSSR count). The summed E-state index contributed by atoms with van der Waals surface area (Å²) < 4.78 is 7.63. The quantitative estimate of drug-likeness (QED) is 0.308. The first-order chi connectivity index (χ1) is 17.4. The summed E-state index contributed by atoms with van der Waals surface area (Å²) in [7, 11) is 0. The molecule has 0 bridgehead atoms. The van der Waals surface area contributed by atoms with Gasteiger partial charge in [0.05, 0.1) is 5.57 Å². The van der Waals surface area contributed by atoms with Crippen LogP contribution in [0.25, 0.3) is 0 Å². The highest BCUT2D eigenvalue weighted by molar-refractivity contribution is 6.35. The number of ether oxygens (including phenoxy) is 1. The van der Waals surface area contributed by atoms with Gasteiger partial charge in [-0.2, -0.15) is 10.1 Å². The summed E-state index contributed by atoms with van der Waals surface area (Å²) in [5, 5.41) is 11.7. The number of rotatable bonds is 6. The minimum absolute atomic E-state index is 0.217. The molecule has 1 aliphatic heterocycles. The first-order valence-electron chi connectivity index (χ1n) is 11.3. The molecule has 0 saturated carbocycles. The van der Waals surface area contributed by atoms with Gasteiger partial charge in [-0.25, -0.2) is 4.68 Å². The number of nitrogens with zero attached hydrogens (tertiary/aromatic N) is 3. The van der Waals surface area contributed by atoms with E-state index in [0.717, 1.165) is 22.4 Å². The molecule has 0 saturated heterocycles. The Bertz CT molecular complexity index is 1440. The van der Waals surface area contributed by atoms with Gasteiger partial charge in [0, 0.05) is 27.0 Å². The molecule has 0 fully saturated rings. The molecule has 9 heteroatoms. The fraction of sp³-hybridized carbons (Fsp3) is 0.148. The van der Waals surface area contributed by atoms with E-state index >= 15 is 0 Å². The van der Waals surface area contributed by atoms with Gasteiger partial charge in [0.15, 0.2) is 0 Å². The van der Waals surface area contributed by atoms with Crippen LogP contribution in [0.2, 0.25) is 10.0 Å². The number of benzene rings is 3. The van der Waals surface area contributed by atoms with Crippen molar-refractivity contribution in [2.24, 2.45) is 0 Å². The third-order valence-electron chi connectivity index (χ3n) is 5.96. The number of aryl methyl sites for hydroxylation is 1. The van der Waals surface area contributed by atoms with Crippen LogP contribution in [0.3, 0.4) is 0 Å². The number of fused-ring (bicyclic) bond motifs is 1. The van der Waals surface area contributed by atoms with E-state index in [4.69, 9.17) is 27.9 Å². The third-order valence-corrected chi connectivity index (χ3v) is 6.66. The van der Waals surface area contributed by atoms with Crippen LogP contribution in [0, 0.1) is 6.92 Å². The highest BCUT2D eigenvalue weighted by atomic mass is 35.5. The molecule has 0 radical (unpaired) electrons. The van der Waals surface area contributed by atoms with Crippen molar-refractivity contribution in [2.75, 3.05) is 10.6 Å². The SMILES string of the molecule is CC1=C(C(=O)Nc2cccc(C)c2)C(c2ccc(OCc3c(Cl)cccc3Cl)cc2)n2ncnc2N1. The zero-order valence-electron chi connectivity index (χ0n) is 19.6. The molecule has 1 atom stereocenters. The van der Waals surface area contributed by atoms with Crippen LogP contribution < -0.4 is 15.4 Å². The Kier molecular flexibility index (Phi) is 6.67. The number of carbonyl (C=O) groups excluding carboxylic acids is 1. The summed E-state index contributed by atoms with van der Waals surface area (Å²) in [5.74, 6) is 0.998. The Morgan fingerprint density at radius 1 is 1.06 bits per heavy atom. The van der Waals surface area contributed by atoms with Crippen molar-refractivity contribution in [2.45, 2.75) is 26.5 Å². The van der Waals surface area contributed by atoms with Gasteiger partial charge in [-0.05, 0) is 61.4 Å². The van der Waals surface area contributed by atoms with Crippen LogP contribution in [-0.2, 0) is 11.4 Å². The van der Waals surface area contributed by atoms with Crippen LogP contribution in [0.4, 0.5) is 11.6 Å². The van der Waals surface area contributed by atoms with Crippen molar-refractivity contribution >= 4 is 40.7 Å². The number of hydrogen-bond acceptors (Lipinski definition) is 5. The number of amides is 1. The minimum atomic E-state index is -0.472. The van der Waals surface area contributed by atoms with Crippen LogP contribution in [-0.4, -0.2) is 20.7 Å². The van der Waals surface area contributed by atoms with Crippen molar-refractivity contribution in [1.29, 1.82) is 0 Å². The molecule has 3 aromatic carbocycles. The van der Waals surface area contributed by atoms with Crippen molar-refractivity contribution in [3.8, 4) is 5.75 Å². The minimum Gasteiger partial charge on any atom is -0.489 e. The van der Waals surface area contributed by atoms with E-state index in [1.54, 1.807) is 22.9 Å². The molecule has 2 N–H and O–H groups in total.